The van der Waals surface area contributed by atoms with Gasteiger partial charge < -0.3 is 16.2 Å². The third-order valence-electron chi connectivity index (χ3n) is 2.90. The Hall–Kier alpha value is -1.00. The van der Waals surface area contributed by atoms with E-state index in [4.69, 9.17) is 17.3 Å². The Morgan fingerprint density at radius 2 is 2.06 bits per heavy atom. The summed E-state index contributed by atoms with van der Waals surface area (Å²) in [6, 6.07) is 3.29. The van der Waals surface area contributed by atoms with Crippen LogP contribution in [0.2, 0.25) is 5.15 Å². The number of hydrogen-bond acceptors (Lipinski definition) is 4. The molecule has 0 saturated carbocycles. The lowest BCUT2D eigenvalue weighted by atomic mass is 9.97. The van der Waals surface area contributed by atoms with Crippen molar-refractivity contribution in [1.29, 1.82) is 0 Å². The number of nitrogen functional groups attached to an aromatic ring is 1. The molecule has 0 aliphatic rings. The maximum absolute atomic E-state index is 9.95. The van der Waals surface area contributed by atoms with Gasteiger partial charge in [0.1, 0.15) is 11.0 Å². The van der Waals surface area contributed by atoms with E-state index in [0.717, 1.165) is 12.8 Å². The van der Waals surface area contributed by atoms with Gasteiger partial charge in [0.05, 0.1) is 6.10 Å². The van der Waals surface area contributed by atoms with Crippen molar-refractivity contribution in [2.24, 2.45) is 5.92 Å². The summed E-state index contributed by atoms with van der Waals surface area (Å²) in [6.07, 6.45) is 1.54. The fourth-order valence-electron chi connectivity index (χ4n) is 1.82. The first-order valence-corrected chi connectivity index (χ1v) is 6.29. The maximum Gasteiger partial charge on any atom is 0.133 e. The molecule has 1 atom stereocenters. The molecule has 0 radical (unpaired) electrons. The van der Waals surface area contributed by atoms with Crippen LogP contribution in [-0.4, -0.2) is 22.7 Å². The lowest BCUT2D eigenvalue weighted by molar-refractivity contribution is 0.114. The Labute approximate surface area is 107 Å². The summed E-state index contributed by atoms with van der Waals surface area (Å²) in [4.78, 5) is 4.08. The van der Waals surface area contributed by atoms with Gasteiger partial charge in [-0.05, 0) is 12.0 Å². The number of rotatable bonds is 6. The smallest absolute Gasteiger partial charge is 0.133 e. The first-order chi connectivity index (χ1) is 8.06. The number of hydrogen-bond donors (Lipinski definition) is 3. The highest BCUT2D eigenvalue weighted by atomic mass is 35.5. The SMILES string of the molecule is CCC(CC)C(O)CNc1cc(N)cc(Cl)n1. The van der Waals surface area contributed by atoms with Crippen LogP contribution in [0.3, 0.4) is 0 Å². The van der Waals surface area contributed by atoms with E-state index < -0.39 is 0 Å². The molecule has 0 aromatic carbocycles. The van der Waals surface area contributed by atoms with Crippen LogP contribution in [0.1, 0.15) is 26.7 Å². The zero-order valence-corrected chi connectivity index (χ0v) is 11.0. The molecule has 4 N–H and O–H groups in total. The molecule has 0 aliphatic heterocycles. The summed E-state index contributed by atoms with van der Waals surface area (Å²) in [7, 11) is 0. The molecule has 0 saturated heterocycles. The highest BCUT2D eigenvalue weighted by molar-refractivity contribution is 6.29. The van der Waals surface area contributed by atoms with Crippen LogP contribution in [0, 0.1) is 5.92 Å². The Bertz CT molecular complexity index is 335. The Morgan fingerprint density at radius 1 is 1.41 bits per heavy atom. The molecule has 0 spiro atoms. The summed E-state index contributed by atoms with van der Waals surface area (Å²) in [5, 5.41) is 13.4. The lowest BCUT2D eigenvalue weighted by Gasteiger charge is -2.20. The number of nitrogens with two attached hydrogens (primary N) is 1. The third-order valence-corrected chi connectivity index (χ3v) is 3.10. The monoisotopic (exact) mass is 257 g/mol. The molecule has 0 amide bonds. The van der Waals surface area contributed by atoms with Gasteiger partial charge in [0.15, 0.2) is 0 Å². The summed E-state index contributed by atoms with van der Waals surface area (Å²) in [5.41, 5.74) is 6.21. The molecule has 1 rings (SSSR count). The van der Waals surface area contributed by atoms with Gasteiger partial charge in [-0.15, -0.1) is 0 Å². The fourth-order valence-corrected chi connectivity index (χ4v) is 2.03. The van der Waals surface area contributed by atoms with Crippen LogP contribution < -0.4 is 11.1 Å². The number of aliphatic hydroxyl groups excluding tert-OH is 1. The predicted molar refractivity (Wildman–Crippen MR) is 72.2 cm³/mol. The Balaban J connectivity index is 2.55. The van der Waals surface area contributed by atoms with Crippen LogP contribution in [0.15, 0.2) is 12.1 Å². The Morgan fingerprint density at radius 3 is 2.59 bits per heavy atom. The standard InChI is InChI=1S/C12H20ClN3O/c1-3-8(4-2)10(17)7-15-12-6-9(14)5-11(13)16-12/h5-6,8,10,17H,3-4,7H2,1-2H3,(H3,14,15,16). The first-order valence-electron chi connectivity index (χ1n) is 5.91. The molecule has 0 bridgehead atoms. The van der Waals surface area contributed by atoms with Gasteiger partial charge in [-0.1, -0.05) is 38.3 Å². The van der Waals surface area contributed by atoms with Crippen molar-refractivity contribution < 1.29 is 5.11 Å². The van der Waals surface area contributed by atoms with Gasteiger partial charge in [0.2, 0.25) is 0 Å². The highest BCUT2D eigenvalue weighted by Crippen LogP contribution is 2.17. The molecule has 1 aromatic rings. The average Bonchev–Trinajstić information content (AvgIpc) is 2.27. The second kappa shape index (κ2) is 6.67. The van der Waals surface area contributed by atoms with E-state index in [1.807, 2.05) is 0 Å². The number of aromatic nitrogens is 1. The van der Waals surface area contributed by atoms with Crippen LogP contribution in [0.4, 0.5) is 11.5 Å². The number of anilines is 2. The zero-order chi connectivity index (χ0) is 12.8. The maximum atomic E-state index is 9.95. The van der Waals surface area contributed by atoms with Crippen molar-refractivity contribution >= 4 is 23.1 Å². The van der Waals surface area contributed by atoms with Crippen molar-refractivity contribution in [1.82, 2.24) is 4.98 Å². The van der Waals surface area contributed by atoms with Gasteiger partial charge in [-0.3, -0.25) is 0 Å². The first kappa shape index (κ1) is 14.1. The molecule has 1 heterocycles. The van der Waals surface area contributed by atoms with E-state index >= 15 is 0 Å². The molecule has 5 heteroatoms. The number of aliphatic hydroxyl groups is 1. The van der Waals surface area contributed by atoms with Gasteiger partial charge >= 0.3 is 0 Å². The van der Waals surface area contributed by atoms with E-state index in [9.17, 15) is 5.11 Å². The molecular formula is C12H20ClN3O. The number of halogens is 1. The minimum Gasteiger partial charge on any atom is -0.399 e. The molecule has 96 valence electrons. The van der Waals surface area contributed by atoms with E-state index in [1.54, 1.807) is 12.1 Å². The summed E-state index contributed by atoms with van der Waals surface area (Å²) >= 11 is 5.79. The number of nitrogens with one attached hydrogen (secondary N) is 1. The molecule has 17 heavy (non-hydrogen) atoms. The minimum atomic E-state index is -0.382. The van der Waals surface area contributed by atoms with Crippen molar-refractivity contribution in [3.63, 3.8) is 0 Å². The molecular weight excluding hydrogens is 238 g/mol. The van der Waals surface area contributed by atoms with E-state index in [-0.39, 0.29) is 6.10 Å². The van der Waals surface area contributed by atoms with Crippen LogP contribution >= 0.6 is 11.6 Å². The summed E-state index contributed by atoms with van der Waals surface area (Å²) in [6.45, 7) is 4.61. The van der Waals surface area contributed by atoms with Crippen molar-refractivity contribution in [3.8, 4) is 0 Å². The van der Waals surface area contributed by atoms with Gasteiger partial charge in [-0.25, -0.2) is 4.98 Å². The second-order valence-corrected chi connectivity index (χ2v) is 4.52. The third kappa shape index (κ3) is 4.40. The van der Waals surface area contributed by atoms with E-state index in [0.29, 0.717) is 29.1 Å². The molecule has 0 fully saturated rings. The molecule has 4 nitrogen and oxygen atoms in total. The molecule has 1 aromatic heterocycles. The van der Waals surface area contributed by atoms with E-state index in [1.165, 1.54) is 0 Å². The van der Waals surface area contributed by atoms with Gasteiger partial charge in [-0.2, -0.15) is 0 Å². The lowest BCUT2D eigenvalue weighted by Crippen LogP contribution is -2.28. The topological polar surface area (TPSA) is 71.2 Å². The predicted octanol–water partition coefficient (Wildman–Crippen LogP) is 2.53. The fraction of sp³-hybridized carbons (Fsp3) is 0.583. The molecule has 1 unspecified atom stereocenters. The van der Waals surface area contributed by atoms with Crippen molar-refractivity contribution in [3.05, 3.63) is 17.3 Å². The van der Waals surface area contributed by atoms with Gasteiger partial charge in [0, 0.05) is 18.3 Å². The normalized spacial score (nSPS) is 12.8. The van der Waals surface area contributed by atoms with Crippen molar-refractivity contribution in [2.75, 3.05) is 17.6 Å². The van der Waals surface area contributed by atoms with Crippen molar-refractivity contribution in [2.45, 2.75) is 32.8 Å². The van der Waals surface area contributed by atoms with Crippen LogP contribution in [0.5, 0.6) is 0 Å². The Kier molecular flexibility index (Phi) is 5.51. The molecule has 0 aliphatic carbocycles. The van der Waals surface area contributed by atoms with Crippen LogP contribution in [0.25, 0.3) is 0 Å². The highest BCUT2D eigenvalue weighted by Gasteiger charge is 2.15. The second-order valence-electron chi connectivity index (χ2n) is 4.13. The summed E-state index contributed by atoms with van der Waals surface area (Å²) < 4.78 is 0. The number of pyridine rings is 1. The zero-order valence-electron chi connectivity index (χ0n) is 10.3. The summed E-state index contributed by atoms with van der Waals surface area (Å²) in [5.74, 6) is 0.902. The largest absolute Gasteiger partial charge is 0.399 e. The number of nitrogens with zero attached hydrogens (tertiary/aromatic N) is 1. The minimum absolute atomic E-state index is 0.305. The quantitative estimate of drug-likeness (QED) is 0.685. The average molecular weight is 258 g/mol. The van der Waals surface area contributed by atoms with Crippen LogP contribution in [-0.2, 0) is 0 Å². The van der Waals surface area contributed by atoms with Gasteiger partial charge in [0.25, 0.3) is 0 Å². The van der Waals surface area contributed by atoms with E-state index in [2.05, 4.69) is 24.1 Å².